The molecule has 0 heterocycles. The Balaban J connectivity index is 3.18. The van der Waals surface area contributed by atoms with Crippen molar-refractivity contribution in [1.29, 1.82) is 0 Å². The zero-order valence-corrected chi connectivity index (χ0v) is 9.82. The van der Waals surface area contributed by atoms with Gasteiger partial charge in [-0.15, -0.1) is 0 Å². The first-order valence-electron chi connectivity index (χ1n) is 5.30. The molecule has 0 bridgehead atoms. The van der Waals surface area contributed by atoms with Crippen molar-refractivity contribution >= 4 is 11.6 Å². The number of ether oxygens (including phenoxy) is 1. The van der Waals surface area contributed by atoms with E-state index in [2.05, 4.69) is 0 Å². The SMILES string of the molecule is CCOc1ccccc1C(C(C)=O)C(C)=O. The molecule has 16 heavy (non-hydrogen) atoms. The summed E-state index contributed by atoms with van der Waals surface area (Å²) in [7, 11) is 0. The van der Waals surface area contributed by atoms with Gasteiger partial charge in [0.25, 0.3) is 0 Å². The van der Waals surface area contributed by atoms with Crippen molar-refractivity contribution in [1.82, 2.24) is 0 Å². The summed E-state index contributed by atoms with van der Waals surface area (Å²) in [6.45, 7) is 5.23. The molecule has 0 atom stereocenters. The van der Waals surface area contributed by atoms with Gasteiger partial charge in [0.05, 0.1) is 6.61 Å². The number of benzene rings is 1. The molecule has 0 radical (unpaired) electrons. The second-order valence-electron chi connectivity index (χ2n) is 3.63. The third kappa shape index (κ3) is 2.69. The summed E-state index contributed by atoms with van der Waals surface area (Å²) < 4.78 is 5.41. The fraction of sp³-hybridized carbons (Fsp3) is 0.385. The van der Waals surface area contributed by atoms with Crippen LogP contribution in [-0.2, 0) is 9.59 Å². The Morgan fingerprint density at radius 2 is 1.75 bits per heavy atom. The van der Waals surface area contributed by atoms with Gasteiger partial charge >= 0.3 is 0 Å². The van der Waals surface area contributed by atoms with Gasteiger partial charge in [0.2, 0.25) is 0 Å². The number of rotatable bonds is 5. The van der Waals surface area contributed by atoms with Crippen molar-refractivity contribution in [2.45, 2.75) is 26.7 Å². The minimum atomic E-state index is -0.706. The molecule has 0 aliphatic carbocycles. The van der Waals surface area contributed by atoms with Crippen LogP contribution in [0.15, 0.2) is 24.3 Å². The van der Waals surface area contributed by atoms with Crippen LogP contribution in [0.1, 0.15) is 32.3 Å². The maximum atomic E-state index is 11.5. The fourth-order valence-electron chi connectivity index (χ4n) is 1.73. The minimum absolute atomic E-state index is 0.153. The van der Waals surface area contributed by atoms with E-state index in [0.29, 0.717) is 17.9 Å². The van der Waals surface area contributed by atoms with E-state index >= 15 is 0 Å². The highest BCUT2D eigenvalue weighted by Gasteiger charge is 2.24. The lowest BCUT2D eigenvalue weighted by molar-refractivity contribution is -0.126. The molecule has 0 N–H and O–H groups in total. The molecule has 0 spiro atoms. The van der Waals surface area contributed by atoms with Gasteiger partial charge in [0, 0.05) is 5.56 Å². The quantitative estimate of drug-likeness (QED) is 0.715. The molecule has 0 aliphatic heterocycles. The van der Waals surface area contributed by atoms with Crippen LogP contribution in [0, 0.1) is 0 Å². The lowest BCUT2D eigenvalue weighted by atomic mass is 9.91. The van der Waals surface area contributed by atoms with Crippen LogP contribution < -0.4 is 4.74 Å². The number of carbonyl (C=O) groups excluding carboxylic acids is 2. The largest absolute Gasteiger partial charge is 0.494 e. The smallest absolute Gasteiger partial charge is 0.144 e. The molecule has 0 aromatic heterocycles. The first-order chi connectivity index (χ1) is 7.57. The molecule has 1 aromatic rings. The van der Waals surface area contributed by atoms with Crippen molar-refractivity contribution in [3.8, 4) is 5.75 Å². The molecule has 1 rings (SSSR count). The van der Waals surface area contributed by atoms with E-state index < -0.39 is 5.92 Å². The molecular weight excluding hydrogens is 204 g/mol. The van der Waals surface area contributed by atoms with Crippen LogP contribution in [0.2, 0.25) is 0 Å². The maximum absolute atomic E-state index is 11.5. The highest BCUT2D eigenvalue weighted by molar-refractivity contribution is 6.06. The fourth-order valence-corrected chi connectivity index (χ4v) is 1.73. The number of Topliss-reactive ketones (excluding diaryl/α,β-unsaturated/α-hetero) is 2. The Hall–Kier alpha value is -1.64. The molecule has 0 aliphatic rings. The van der Waals surface area contributed by atoms with Crippen LogP contribution in [-0.4, -0.2) is 18.2 Å². The Morgan fingerprint density at radius 3 is 2.25 bits per heavy atom. The summed E-state index contributed by atoms with van der Waals surface area (Å²) in [5.41, 5.74) is 0.657. The summed E-state index contributed by atoms with van der Waals surface area (Å²) in [6, 6.07) is 7.17. The van der Waals surface area contributed by atoms with Gasteiger partial charge in [0.1, 0.15) is 23.2 Å². The van der Waals surface area contributed by atoms with Gasteiger partial charge in [-0.05, 0) is 26.8 Å². The van der Waals surface area contributed by atoms with Gasteiger partial charge in [-0.2, -0.15) is 0 Å². The van der Waals surface area contributed by atoms with Crippen LogP contribution in [0.25, 0.3) is 0 Å². The van der Waals surface area contributed by atoms with E-state index in [0.717, 1.165) is 0 Å². The average Bonchev–Trinajstić information content (AvgIpc) is 2.20. The number of ketones is 2. The molecule has 0 saturated heterocycles. The first-order valence-corrected chi connectivity index (χ1v) is 5.30. The topological polar surface area (TPSA) is 43.4 Å². The Labute approximate surface area is 95.4 Å². The first kappa shape index (κ1) is 12.4. The second-order valence-corrected chi connectivity index (χ2v) is 3.63. The van der Waals surface area contributed by atoms with Gasteiger partial charge in [0.15, 0.2) is 0 Å². The van der Waals surface area contributed by atoms with E-state index in [-0.39, 0.29) is 11.6 Å². The number of hydrogen-bond donors (Lipinski definition) is 0. The molecule has 0 amide bonds. The Morgan fingerprint density at radius 1 is 1.19 bits per heavy atom. The molecule has 1 aromatic carbocycles. The summed E-state index contributed by atoms with van der Waals surface area (Å²) in [5.74, 6) is -0.401. The van der Waals surface area contributed by atoms with E-state index in [1.165, 1.54) is 13.8 Å². The van der Waals surface area contributed by atoms with Crippen molar-refractivity contribution in [3.05, 3.63) is 29.8 Å². The van der Waals surface area contributed by atoms with E-state index in [1.807, 2.05) is 13.0 Å². The highest BCUT2D eigenvalue weighted by Crippen LogP contribution is 2.28. The monoisotopic (exact) mass is 220 g/mol. The van der Waals surface area contributed by atoms with Gasteiger partial charge in [-0.1, -0.05) is 18.2 Å². The minimum Gasteiger partial charge on any atom is -0.494 e. The predicted octanol–water partition coefficient (Wildman–Crippen LogP) is 2.35. The third-order valence-electron chi connectivity index (χ3n) is 2.34. The molecular formula is C13H16O3. The lowest BCUT2D eigenvalue weighted by Crippen LogP contribution is -2.18. The summed E-state index contributed by atoms with van der Waals surface area (Å²) in [5, 5.41) is 0. The van der Waals surface area contributed by atoms with Gasteiger partial charge in [-0.25, -0.2) is 0 Å². The van der Waals surface area contributed by atoms with Gasteiger partial charge < -0.3 is 4.74 Å². The van der Waals surface area contributed by atoms with Crippen LogP contribution in [0.3, 0.4) is 0 Å². The average molecular weight is 220 g/mol. The molecule has 0 saturated carbocycles. The third-order valence-corrected chi connectivity index (χ3v) is 2.34. The molecule has 86 valence electrons. The summed E-state index contributed by atoms with van der Waals surface area (Å²) in [4.78, 5) is 22.9. The molecule has 3 heteroatoms. The zero-order chi connectivity index (χ0) is 12.1. The molecule has 0 fully saturated rings. The van der Waals surface area contributed by atoms with Crippen molar-refractivity contribution < 1.29 is 14.3 Å². The van der Waals surface area contributed by atoms with Gasteiger partial charge in [-0.3, -0.25) is 9.59 Å². The van der Waals surface area contributed by atoms with E-state index in [4.69, 9.17) is 4.74 Å². The molecule has 3 nitrogen and oxygen atoms in total. The second kappa shape index (κ2) is 5.45. The molecule has 0 unspecified atom stereocenters. The number of hydrogen-bond acceptors (Lipinski definition) is 3. The van der Waals surface area contributed by atoms with Crippen LogP contribution in [0.5, 0.6) is 5.75 Å². The summed E-state index contributed by atoms with van der Waals surface area (Å²) in [6.07, 6.45) is 0. The normalized spacial score (nSPS) is 10.2. The van der Waals surface area contributed by atoms with Crippen molar-refractivity contribution in [2.75, 3.05) is 6.61 Å². The lowest BCUT2D eigenvalue weighted by Gasteiger charge is -2.15. The number of carbonyl (C=O) groups is 2. The standard InChI is InChI=1S/C13H16O3/c1-4-16-12-8-6-5-7-11(12)13(9(2)14)10(3)15/h5-8,13H,4H2,1-3H3. The maximum Gasteiger partial charge on any atom is 0.144 e. The van der Waals surface area contributed by atoms with Crippen molar-refractivity contribution in [3.63, 3.8) is 0 Å². The van der Waals surface area contributed by atoms with Crippen LogP contribution >= 0.6 is 0 Å². The Bertz CT molecular complexity index is 382. The van der Waals surface area contributed by atoms with E-state index in [1.54, 1.807) is 18.2 Å². The Kier molecular flexibility index (Phi) is 4.23. The number of para-hydroxylation sites is 1. The van der Waals surface area contributed by atoms with E-state index in [9.17, 15) is 9.59 Å². The summed E-state index contributed by atoms with van der Waals surface area (Å²) >= 11 is 0. The van der Waals surface area contributed by atoms with Crippen molar-refractivity contribution in [2.24, 2.45) is 0 Å². The van der Waals surface area contributed by atoms with Crippen LogP contribution in [0.4, 0.5) is 0 Å². The highest BCUT2D eigenvalue weighted by atomic mass is 16.5. The zero-order valence-electron chi connectivity index (χ0n) is 9.82. The predicted molar refractivity (Wildman–Crippen MR) is 61.7 cm³/mol.